The fourth-order valence-corrected chi connectivity index (χ4v) is 2.50. The number of piperazine rings is 1. The van der Waals surface area contributed by atoms with Crippen molar-refractivity contribution in [1.82, 2.24) is 5.32 Å². The maximum atomic E-state index is 5.66. The van der Waals surface area contributed by atoms with E-state index in [1.165, 1.54) is 11.3 Å². The number of nitrogens with one attached hydrogen (secondary N) is 1. The molecule has 0 aromatic heterocycles. The second-order valence-corrected chi connectivity index (χ2v) is 4.88. The summed E-state index contributed by atoms with van der Waals surface area (Å²) in [5.74, 6) is 1.03. The molecule has 0 spiro atoms. The van der Waals surface area contributed by atoms with Gasteiger partial charge in [-0.25, -0.2) is 0 Å². The number of ether oxygens (including phenoxy) is 1. The number of anilines is 1. The predicted octanol–water partition coefficient (Wildman–Crippen LogP) is 2.45. The van der Waals surface area contributed by atoms with E-state index < -0.39 is 0 Å². The average Bonchev–Trinajstić information content (AvgIpc) is 2.39. The molecule has 1 saturated heterocycles. The summed E-state index contributed by atoms with van der Waals surface area (Å²) in [6, 6.07) is 7.14. The third-order valence-electron chi connectivity index (χ3n) is 3.46. The first-order valence-corrected chi connectivity index (χ1v) is 6.98. The Balaban J connectivity index is 2.18. The highest BCUT2D eigenvalue weighted by atomic mass is 16.5. The van der Waals surface area contributed by atoms with Crippen molar-refractivity contribution in [2.45, 2.75) is 33.2 Å². The van der Waals surface area contributed by atoms with Gasteiger partial charge in [0, 0.05) is 31.4 Å². The van der Waals surface area contributed by atoms with E-state index in [1.807, 2.05) is 6.92 Å². The minimum absolute atomic E-state index is 0.565. The highest BCUT2D eigenvalue weighted by molar-refractivity contribution is 5.53. The summed E-state index contributed by atoms with van der Waals surface area (Å²) in [6.07, 6.45) is 1.02. The summed E-state index contributed by atoms with van der Waals surface area (Å²) in [7, 11) is 0. The van der Waals surface area contributed by atoms with E-state index in [2.05, 4.69) is 42.3 Å². The maximum absolute atomic E-state index is 5.66. The van der Waals surface area contributed by atoms with Crippen molar-refractivity contribution >= 4 is 5.69 Å². The maximum Gasteiger partial charge on any atom is 0.122 e. The van der Waals surface area contributed by atoms with E-state index in [1.54, 1.807) is 0 Å². The van der Waals surface area contributed by atoms with Gasteiger partial charge in [0.25, 0.3) is 0 Å². The number of hydrogen-bond acceptors (Lipinski definition) is 3. The molecule has 1 aromatic carbocycles. The molecular formula is C15H24N2O. The van der Waals surface area contributed by atoms with Crippen LogP contribution in [0.3, 0.4) is 0 Å². The Morgan fingerprint density at radius 3 is 2.89 bits per heavy atom. The molecule has 0 bridgehead atoms. The van der Waals surface area contributed by atoms with Crippen molar-refractivity contribution in [3.63, 3.8) is 0 Å². The number of aryl methyl sites for hydroxylation is 1. The first-order valence-electron chi connectivity index (χ1n) is 6.98. The standard InChI is InChI=1S/C15H24N2O/c1-4-13-10-14(6-7-15(13)18-5-2)17-9-8-16-12(3)11-17/h6-7,10,12,16H,4-5,8-9,11H2,1-3H3/t12-/m1/s1. The summed E-state index contributed by atoms with van der Waals surface area (Å²) < 4.78 is 5.66. The van der Waals surface area contributed by atoms with Crippen molar-refractivity contribution in [2.24, 2.45) is 0 Å². The second kappa shape index (κ2) is 6.10. The van der Waals surface area contributed by atoms with Crippen LogP contribution in [0.25, 0.3) is 0 Å². The van der Waals surface area contributed by atoms with Gasteiger partial charge in [-0.2, -0.15) is 0 Å². The van der Waals surface area contributed by atoms with Gasteiger partial charge in [0.1, 0.15) is 5.75 Å². The molecule has 18 heavy (non-hydrogen) atoms. The molecule has 1 N–H and O–H groups in total. The van der Waals surface area contributed by atoms with Crippen LogP contribution < -0.4 is 15.0 Å². The molecule has 1 aromatic rings. The Kier molecular flexibility index (Phi) is 4.48. The zero-order chi connectivity index (χ0) is 13.0. The van der Waals surface area contributed by atoms with E-state index in [9.17, 15) is 0 Å². The molecule has 0 unspecified atom stereocenters. The van der Waals surface area contributed by atoms with Crippen LogP contribution >= 0.6 is 0 Å². The fourth-order valence-electron chi connectivity index (χ4n) is 2.50. The minimum atomic E-state index is 0.565. The molecule has 0 amide bonds. The van der Waals surface area contributed by atoms with Gasteiger partial charge in [-0.1, -0.05) is 6.92 Å². The van der Waals surface area contributed by atoms with Crippen LogP contribution in [-0.4, -0.2) is 32.3 Å². The third kappa shape index (κ3) is 2.96. The van der Waals surface area contributed by atoms with Crippen LogP contribution in [0, 0.1) is 0 Å². The summed E-state index contributed by atoms with van der Waals surface area (Å²) >= 11 is 0. The molecule has 3 nitrogen and oxygen atoms in total. The highest BCUT2D eigenvalue weighted by Crippen LogP contribution is 2.26. The van der Waals surface area contributed by atoms with Crippen molar-refractivity contribution in [3.8, 4) is 5.75 Å². The lowest BCUT2D eigenvalue weighted by Gasteiger charge is -2.34. The van der Waals surface area contributed by atoms with Crippen LogP contribution in [0.1, 0.15) is 26.3 Å². The monoisotopic (exact) mass is 248 g/mol. The lowest BCUT2D eigenvalue weighted by molar-refractivity contribution is 0.337. The van der Waals surface area contributed by atoms with Crippen molar-refractivity contribution in [1.29, 1.82) is 0 Å². The Bertz CT molecular complexity index is 392. The van der Waals surface area contributed by atoms with Crippen molar-refractivity contribution < 1.29 is 4.74 Å². The molecular weight excluding hydrogens is 224 g/mol. The van der Waals surface area contributed by atoms with Crippen LogP contribution in [0.2, 0.25) is 0 Å². The van der Waals surface area contributed by atoms with Gasteiger partial charge in [-0.05, 0) is 44.0 Å². The first-order chi connectivity index (χ1) is 8.74. The van der Waals surface area contributed by atoms with Gasteiger partial charge in [-0.15, -0.1) is 0 Å². The first kappa shape index (κ1) is 13.2. The molecule has 0 aliphatic carbocycles. The van der Waals surface area contributed by atoms with Gasteiger partial charge in [0.2, 0.25) is 0 Å². The molecule has 100 valence electrons. The summed E-state index contributed by atoms with van der Waals surface area (Å²) in [5, 5.41) is 3.48. The Morgan fingerprint density at radius 2 is 2.22 bits per heavy atom. The molecule has 0 saturated carbocycles. The van der Waals surface area contributed by atoms with E-state index in [-0.39, 0.29) is 0 Å². The van der Waals surface area contributed by atoms with Crippen LogP contribution in [0.4, 0.5) is 5.69 Å². The zero-order valence-electron chi connectivity index (χ0n) is 11.7. The SMILES string of the molecule is CCOc1ccc(N2CCN[C@H](C)C2)cc1CC. The van der Waals surface area contributed by atoms with Crippen molar-refractivity contribution in [3.05, 3.63) is 23.8 Å². The average molecular weight is 248 g/mol. The lowest BCUT2D eigenvalue weighted by atomic mass is 10.1. The largest absolute Gasteiger partial charge is 0.494 e. The normalized spacial score (nSPS) is 19.9. The molecule has 2 rings (SSSR count). The summed E-state index contributed by atoms with van der Waals surface area (Å²) in [4.78, 5) is 2.45. The molecule has 0 radical (unpaired) electrons. The molecule has 1 atom stereocenters. The van der Waals surface area contributed by atoms with E-state index in [0.29, 0.717) is 6.04 Å². The molecule has 1 fully saturated rings. The minimum Gasteiger partial charge on any atom is -0.494 e. The summed E-state index contributed by atoms with van der Waals surface area (Å²) in [6.45, 7) is 10.4. The molecule has 1 aliphatic rings. The number of rotatable bonds is 4. The van der Waals surface area contributed by atoms with Gasteiger partial charge in [-0.3, -0.25) is 0 Å². The molecule has 3 heteroatoms. The smallest absolute Gasteiger partial charge is 0.122 e. The van der Waals surface area contributed by atoms with Gasteiger partial charge >= 0.3 is 0 Å². The van der Waals surface area contributed by atoms with E-state index >= 15 is 0 Å². The van der Waals surface area contributed by atoms with Gasteiger partial charge in [0.15, 0.2) is 0 Å². The Morgan fingerprint density at radius 1 is 1.39 bits per heavy atom. The van der Waals surface area contributed by atoms with Crippen molar-refractivity contribution in [2.75, 3.05) is 31.1 Å². The highest BCUT2D eigenvalue weighted by Gasteiger charge is 2.16. The Labute approximate surface area is 110 Å². The molecule has 1 heterocycles. The topological polar surface area (TPSA) is 24.5 Å². The summed E-state index contributed by atoms with van der Waals surface area (Å²) in [5.41, 5.74) is 2.63. The predicted molar refractivity (Wildman–Crippen MR) is 76.7 cm³/mol. The number of hydrogen-bond donors (Lipinski definition) is 1. The second-order valence-electron chi connectivity index (χ2n) is 4.88. The third-order valence-corrected chi connectivity index (χ3v) is 3.46. The number of benzene rings is 1. The van der Waals surface area contributed by atoms with Crippen LogP contribution in [-0.2, 0) is 6.42 Å². The van der Waals surface area contributed by atoms with Crippen LogP contribution in [0.5, 0.6) is 5.75 Å². The van der Waals surface area contributed by atoms with Crippen LogP contribution in [0.15, 0.2) is 18.2 Å². The molecule has 1 aliphatic heterocycles. The van der Waals surface area contributed by atoms with Gasteiger partial charge in [0.05, 0.1) is 6.61 Å². The zero-order valence-corrected chi connectivity index (χ0v) is 11.7. The van der Waals surface area contributed by atoms with E-state index in [4.69, 9.17) is 4.74 Å². The fraction of sp³-hybridized carbons (Fsp3) is 0.600. The quantitative estimate of drug-likeness (QED) is 0.886. The van der Waals surface area contributed by atoms with Gasteiger partial charge < -0.3 is 15.0 Å². The van der Waals surface area contributed by atoms with E-state index in [0.717, 1.165) is 38.4 Å². The Hall–Kier alpha value is -1.22. The lowest BCUT2D eigenvalue weighted by Crippen LogP contribution is -2.49. The number of nitrogens with zero attached hydrogens (tertiary/aromatic N) is 1.